The zero-order valence-electron chi connectivity index (χ0n) is 26.5. The number of nitrogens with zero attached hydrogens (tertiary/aromatic N) is 7. The van der Waals surface area contributed by atoms with Crippen LogP contribution in [0.3, 0.4) is 0 Å². The van der Waals surface area contributed by atoms with Gasteiger partial charge in [-0.1, -0.05) is 30.3 Å². The second-order valence-corrected chi connectivity index (χ2v) is 13.8. The average Bonchev–Trinajstić information content (AvgIpc) is 3.74. The fourth-order valence-electron chi connectivity index (χ4n) is 6.96. The molecule has 2 fully saturated rings. The average molecular weight is 652 g/mol. The van der Waals surface area contributed by atoms with E-state index in [9.17, 15) is 19.5 Å². The van der Waals surface area contributed by atoms with E-state index in [0.29, 0.717) is 61.5 Å². The van der Waals surface area contributed by atoms with Crippen LogP contribution in [-0.4, -0.2) is 82.6 Å². The molecule has 0 aliphatic carbocycles. The number of pyridine rings is 1. The van der Waals surface area contributed by atoms with Gasteiger partial charge in [0.2, 0.25) is 5.91 Å². The van der Waals surface area contributed by atoms with Crippen molar-refractivity contribution in [2.45, 2.75) is 44.2 Å². The Morgan fingerprint density at radius 2 is 1.81 bits per heavy atom. The Hall–Kier alpha value is -4.68. The van der Waals surface area contributed by atoms with Crippen molar-refractivity contribution in [1.82, 2.24) is 33.9 Å². The van der Waals surface area contributed by atoms with Crippen molar-refractivity contribution in [3.8, 4) is 10.4 Å². The number of rotatable bonds is 6. The van der Waals surface area contributed by atoms with Crippen molar-refractivity contribution in [2.24, 2.45) is 13.0 Å². The predicted octanol–water partition coefficient (Wildman–Crippen LogP) is 3.86. The molecule has 12 heteroatoms. The number of hydrogen-bond donors (Lipinski definition) is 1. The highest BCUT2D eigenvalue weighted by Crippen LogP contribution is 2.37. The molecule has 47 heavy (non-hydrogen) atoms. The maximum absolute atomic E-state index is 14.1. The molecule has 2 aliphatic rings. The first-order valence-corrected chi connectivity index (χ1v) is 16.8. The minimum atomic E-state index is -1.12. The Kier molecular flexibility index (Phi) is 8.23. The van der Waals surface area contributed by atoms with Crippen LogP contribution in [0.15, 0.2) is 78.2 Å². The van der Waals surface area contributed by atoms with Crippen molar-refractivity contribution in [2.75, 3.05) is 26.2 Å². The Morgan fingerprint density at radius 3 is 2.57 bits per heavy atom. The number of amides is 2. The molecule has 2 aliphatic heterocycles. The molecule has 4 aromatic heterocycles. The maximum atomic E-state index is 14.1. The fraction of sp³-hybridized carbons (Fsp3) is 0.371. The first-order valence-electron chi connectivity index (χ1n) is 15.9. The summed E-state index contributed by atoms with van der Waals surface area (Å²) in [6.45, 7) is 3.71. The highest BCUT2D eigenvalue weighted by Gasteiger charge is 2.42. The summed E-state index contributed by atoms with van der Waals surface area (Å²) < 4.78 is 3.27. The SMILES string of the molecule is Cc1cc(-c2cnc(C(=O)N3CC[C@@H](C(=O)N4CCC(O)(Cn5cnc6c(ccn6C)c5=O)CC4)[C@H](c4ccccc4)C3)s2)ccn1. The monoisotopic (exact) mass is 651 g/mol. The molecular formula is C35H37N7O4S. The van der Waals surface area contributed by atoms with Crippen LogP contribution in [0.4, 0.5) is 0 Å². The lowest BCUT2D eigenvalue weighted by Gasteiger charge is -2.43. The molecule has 0 radical (unpaired) electrons. The van der Waals surface area contributed by atoms with Crippen LogP contribution in [-0.2, 0) is 18.4 Å². The summed E-state index contributed by atoms with van der Waals surface area (Å²) in [7, 11) is 1.84. The van der Waals surface area contributed by atoms with E-state index < -0.39 is 5.60 Å². The normalized spacial score (nSPS) is 19.6. The number of carbonyl (C=O) groups excluding carboxylic acids is 2. The summed E-state index contributed by atoms with van der Waals surface area (Å²) in [5.41, 5.74) is 2.20. The van der Waals surface area contributed by atoms with Crippen molar-refractivity contribution in [3.63, 3.8) is 0 Å². The van der Waals surface area contributed by atoms with Crippen molar-refractivity contribution >= 4 is 34.2 Å². The van der Waals surface area contributed by atoms with Gasteiger partial charge in [-0.25, -0.2) is 9.97 Å². The fourth-order valence-corrected chi connectivity index (χ4v) is 7.84. The number of fused-ring (bicyclic) bond motifs is 1. The Morgan fingerprint density at radius 1 is 1.02 bits per heavy atom. The van der Waals surface area contributed by atoms with Crippen LogP contribution in [0.25, 0.3) is 21.5 Å². The van der Waals surface area contributed by atoms with Crippen LogP contribution < -0.4 is 5.56 Å². The number of thiazole rings is 1. The first kappa shape index (κ1) is 30.9. The third-order valence-electron chi connectivity index (χ3n) is 9.64. The number of piperidine rings is 2. The van der Waals surface area contributed by atoms with E-state index in [1.807, 2.05) is 66.2 Å². The molecule has 5 aromatic rings. The summed E-state index contributed by atoms with van der Waals surface area (Å²) in [6, 6.07) is 15.6. The molecular weight excluding hydrogens is 614 g/mol. The van der Waals surface area contributed by atoms with Crippen molar-refractivity contribution < 1.29 is 14.7 Å². The number of aryl methyl sites for hydroxylation is 2. The zero-order valence-corrected chi connectivity index (χ0v) is 27.3. The van der Waals surface area contributed by atoms with Gasteiger partial charge in [-0.05, 0) is 55.5 Å². The van der Waals surface area contributed by atoms with Crippen LogP contribution in [0, 0.1) is 12.8 Å². The predicted molar refractivity (Wildman–Crippen MR) is 179 cm³/mol. The van der Waals surface area contributed by atoms with Crippen molar-refractivity contribution in [1.29, 1.82) is 0 Å². The molecule has 2 amide bonds. The van der Waals surface area contributed by atoms with E-state index in [1.165, 1.54) is 22.2 Å². The molecule has 0 bridgehead atoms. The van der Waals surface area contributed by atoms with Crippen LogP contribution in [0.2, 0.25) is 0 Å². The summed E-state index contributed by atoms with van der Waals surface area (Å²) in [6.07, 6.45) is 8.03. The summed E-state index contributed by atoms with van der Waals surface area (Å²) in [4.78, 5) is 58.6. The lowest BCUT2D eigenvalue weighted by Crippen LogP contribution is -2.53. The highest BCUT2D eigenvalue weighted by atomic mass is 32.1. The van der Waals surface area contributed by atoms with Gasteiger partial charge in [0.25, 0.3) is 11.5 Å². The molecule has 0 spiro atoms. The van der Waals surface area contributed by atoms with Crippen LogP contribution in [0.1, 0.15) is 46.2 Å². The molecule has 2 atom stereocenters. The van der Waals surface area contributed by atoms with E-state index in [1.54, 1.807) is 29.2 Å². The second-order valence-electron chi connectivity index (χ2n) is 12.8. The molecule has 6 heterocycles. The third-order valence-corrected chi connectivity index (χ3v) is 10.7. The number of aliphatic hydroxyl groups is 1. The van der Waals surface area contributed by atoms with Gasteiger partial charge in [0.1, 0.15) is 12.0 Å². The largest absolute Gasteiger partial charge is 0.388 e. The van der Waals surface area contributed by atoms with Gasteiger partial charge < -0.3 is 19.5 Å². The van der Waals surface area contributed by atoms with Crippen LogP contribution >= 0.6 is 11.3 Å². The van der Waals surface area contributed by atoms with Gasteiger partial charge in [0, 0.05) is 69.3 Å². The second kappa shape index (κ2) is 12.5. The Balaban J connectivity index is 1.04. The van der Waals surface area contributed by atoms with Gasteiger partial charge in [-0.2, -0.15) is 0 Å². The van der Waals surface area contributed by atoms with Gasteiger partial charge in [-0.3, -0.25) is 23.9 Å². The summed E-state index contributed by atoms with van der Waals surface area (Å²) >= 11 is 1.37. The van der Waals surface area contributed by atoms with Gasteiger partial charge in [0.05, 0.1) is 22.4 Å². The van der Waals surface area contributed by atoms with Crippen molar-refractivity contribution in [3.05, 3.63) is 100 Å². The first-order chi connectivity index (χ1) is 22.7. The molecule has 242 valence electrons. The lowest BCUT2D eigenvalue weighted by atomic mass is 9.79. The lowest BCUT2D eigenvalue weighted by molar-refractivity contribution is -0.142. The summed E-state index contributed by atoms with van der Waals surface area (Å²) in [5, 5.41) is 12.4. The molecule has 0 unspecified atom stereocenters. The highest BCUT2D eigenvalue weighted by molar-refractivity contribution is 7.16. The molecule has 11 nitrogen and oxygen atoms in total. The van der Waals surface area contributed by atoms with Crippen LogP contribution in [0.5, 0.6) is 0 Å². The number of carbonyl (C=O) groups is 2. The van der Waals surface area contributed by atoms with E-state index in [2.05, 4.69) is 15.0 Å². The van der Waals surface area contributed by atoms with E-state index in [-0.39, 0.29) is 35.8 Å². The quantitative estimate of drug-likeness (QED) is 0.296. The van der Waals surface area contributed by atoms with Gasteiger partial charge >= 0.3 is 0 Å². The minimum Gasteiger partial charge on any atom is -0.388 e. The van der Waals surface area contributed by atoms with E-state index >= 15 is 0 Å². The molecule has 1 aromatic carbocycles. The number of aromatic nitrogens is 5. The molecule has 2 saturated heterocycles. The number of hydrogen-bond acceptors (Lipinski definition) is 8. The van der Waals surface area contributed by atoms with E-state index in [4.69, 9.17) is 0 Å². The standard InChI is InChI=1S/C35H37N7O4S/c1-23-18-25(8-13-36-23)29-19-37-31(47-29)34(45)41-15-10-26(28(20-41)24-6-4-3-5-7-24)32(43)40-16-11-35(46,12-17-40)21-42-22-38-30-27(33(42)44)9-14-39(30)2/h3-9,13-14,18-19,22,26,28,46H,10-12,15-17,20-21H2,1-2H3/t26-,28+/m1/s1. The molecule has 1 N–H and O–H groups in total. The zero-order chi connectivity index (χ0) is 32.7. The Labute approximate surface area is 276 Å². The Bertz CT molecular complexity index is 1990. The maximum Gasteiger partial charge on any atom is 0.282 e. The smallest absolute Gasteiger partial charge is 0.282 e. The topological polar surface area (TPSA) is 126 Å². The van der Waals surface area contributed by atoms with Gasteiger partial charge in [0.15, 0.2) is 5.01 Å². The number of benzene rings is 1. The van der Waals surface area contributed by atoms with E-state index in [0.717, 1.165) is 21.7 Å². The third kappa shape index (κ3) is 6.10. The molecule has 0 saturated carbocycles. The van der Waals surface area contributed by atoms with Gasteiger partial charge in [-0.15, -0.1) is 11.3 Å². The summed E-state index contributed by atoms with van der Waals surface area (Å²) in [5.74, 6) is -0.555. The number of likely N-dealkylation sites (tertiary alicyclic amines) is 2. The molecule has 7 rings (SSSR count). The minimum absolute atomic E-state index is 0.0436.